The second kappa shape index (κ2) is 9.44. The van der Waals surface area contributed by atoms with Crippen LogP contribution in [0, 0.1) is 10.1 Å². The molecule has 0 unspecified atom stereocenters. The number of carbonyl (C=O) groups excluding carboxylic acids is 1. The number of carbonyl (C=O) groups is 1. The number of amides is 1. The van der Waals surface area contributed by atoms with Crippen LogP contribution in [0.5, 0.6) is 5.75 Å². The highest BCUT2D eigenvalue weighted by atomic mass is 16.6. The van der Waals surface area contributed by atoms with Gasteiger partial charge in [0.05, 0.1) is 35.3 Å². The molecule has 2 aromatic carbocycles. The zero-order valence-corrected chi connectivity index (χ0v) is 17.3. The lowest BCUT2D eigenvalue weighted by atomic mass is 10.2. The molecular formula is C21H19N5O7. The standard InChI is InChI=1S/C21H19N5O7/c27-19(24-7-9-32-10-8-24)13-33-18-6-5-14(11-17(18)26(30)31)12-22-25-20(28)15-3-1-2-4-16(15)23-21(25)29/h1-6,11-12H,7-10,13H2,(H,23,29). The van der Waals surface area contributed by atoms with E-state index in [4.69, 9.17) is 9.47 Å². The molecule has 170 valence electrons. The molecule has 33 heavy (non-hydrogen) atoms. The topological polar surface area (TPSA) is 149 Å². The number of aromatic amines is 1. The van der Waals surface area contributed by atoms with E-state index in [0.717, 1.165) is 6.21 Å². The summed E-state index contributed by atoms with van der Waals surface area (Å²) >= 11 is 0. The molecule has 0 atom stereocenters. The van der Waals surface area contributed by atoms with Gasteiger partial charge in [-0.25, -0.2) is 4.79 Å². The summed E-state index contributed by atoms with van der Waals surface area (Å²) in [5, 5.41) is 15.7. The first-order valence-electron chi connectivity index (χ1n) is 9.99. The van der Waals surface area contributed by atoms with Crippen LogP contribution in [0.1, 0.15) is 5.56 Å². The Bertz CT molecular complexity index is 1360. The van der Waals surface area contributed by atoms with E-state index in [1.807, 2.05) is 0 Å². The molecule has 0 aliphatic carbocycles. The minimum Gasteiger partial charge on any atom is -0.477 e. The number of H-pyrrole nitrogens is 1. The van der Waals surface area contributed by atoms with Crippen LogP contribution in [0.4, 0.5) is 5.69 Å². The van der Waals surface area contributed by atoms with E-state index >= 15 is 0 Å². The summed E-state index contributed by atoms with van der Waals surface area (Å²) in [4.78, 5) is 51.9. The molecule has 1 fully saturated rings. The van der Waals surface area contributed by atoms with Gasteiger partial charge in [0.25, 0.3) is 11.5 Å². The van der Waals surface area contributed by atoms with Crippen LogP contribution in [-0.2, 0) is 9.53 Å². The van der Waals surface area contributed by atoms with Gasteiger partial charge in [-0.2, -0.15) is 5.10 Å². The molecule has 1 N–H and O–H groups in total. The molecule has 1 aliphatic rings. The highest BCUT2D eigenvalue weighted by molar-refractivity contribution is 5.82. The number of rotatable bonds is 6. The zero-order chi connectivity index (χ0) is 23.4. The Morgan fingerprint density at radius 2 is 1.97 bits per heavy atom. The predicted octanol–water partition coefficient (Wildman–Crippen LogP) is 0.718. The molecule has 0 saturated carbocycles. The number of nitro groups is 1. The molecule has 12 heteroatoms. The summed E-state index contributed by atoms with van der Waals surface area (Å²) in [6.45, 7) is 1.39. The number of hydrogen-bond acceptors (Lipinski definition) is 8. The van der Waals surface area contributed by atoms with Crippen molar-refractivity contribution in [1.29, 1.82) is 0 Å². The number of fused-ring (bicyclic) bond motifs is 1. The number of para-hydroxylation sites is 1. The third-order valence-corrected chi connectivity index (χ3v) is 5.00. The van der Waals surface area contributed by atoms with Gasteiger partial charge >= 0.3 is 11.4 Å². The SMILES string of the molecule is O=C(COc1ccc(C=Nn2c(=O)[nH]c3ccccc3c2=O)cc1[N+](=O)[O-])N1CCOCC1. The maximum atomic E-state index is 12.5. The molecule has 2 heterocycles. The molecule has 1 aliphatic heterocycles. The lowest BCUT2D eigenvalue weighted by molar-refractivity contribution is -0.385. The second-order valence-electron chi connectivity index (χ2n) is 7.10. The Morgan fingerprint density at radius 3 is 2.73 bits per heavy atom. The van der Waals surface area contributed by atoms with E-state index in [1.165, 1.54) is 18.2 Å². The van der Waals surface area contributed by atoms with Gasteiger partial charge in [0, 0.05) is 24.7 Å². The van der Waals surface area contributed by atoms with Crippen LogP contribution < -0.4 is 16.0 Å². The number of morpholine rings is 1. The first kappa shape index (κ1) is 21.9. The summed E-state index contributed by atoms with van der Waals surface area (Å²) in [5.41, 5.74) is -1.11. The van der Waals surface area contributed by atoms with Crippen molar-refractivity contribution in [1.82, 2.24) is 14.6 Å². The Kier molecular flexibility index (Phi) is 6.26. The number of aromatic nitrogens is 2. The average molecular weight is 453 g/mol. The van der Waals surface area contributed by atoms with E-state index in [1.54, 1.807) is 29.2 Å². The summed E-state index contributed by atoms with van der Waals surface area (Å²) < 4.78 is 11.2. The Hall–Kier alpha value is -4.32. The van der Waals surface area contributed by atoms with Gasteiger partial charge in [-0.1, -0.05) is 12.1 Å². The maximum Gasteiger partial charge on any atom is 0.349 e. The van der Waals surface area contributed by atoms with Crippen LogP contribution in [0.15, 0.2) is 57.2 Å². The van der Waals surface area contributed by atoms with Gasteiger partial charge in [-0.3, -0.25) is 19.7 Å². The smallest absolute Gasteiger partial charge is 0.349 e. The summed E-state index contributed by atoms with van der Waals surface area (Å²) in [6.07, 6.45) is 1.15. The third-order valence-electron chi connectivity index (χ3n) is 5.00. The average Bonchev–Trinajstić information content (AvgIpc) is 2.83. The van der Waals surface area contributed by atoms with Gasteiger partial charge < -0.3 is 19.4 Å². The van der Waals surface area contributed by atoms with Crippen molar-refractivity contribution in [2.24, 2.45) is 5.10 Å². The fraction of sp³-hybridized carbons (Fsp3) is 0.238. The monoisotopic (exact) mass is 453 g/mol. The van der Waals surface area contributed by atoms with Crippen LogP contribution in [0.2, 0.25) is 0 Å². The summed E-state index contributed by atoms with van der Waals surface area (Å²) in [6, 6.07) is 10.5. The highest BCUT2D eigenvalue weighted by Crippen LogP contribution is 2.27. The number of benzene rings is 2. The lowest BCUT2D eigenvalue weighted by Crippen LogP contribution is -2.43. The number of nitrogens with one attached hydrogen (secondary N) is 1. The molecule has 0 radical (unpaired) electrons. The molecule has 12 nitrogen and oxygen atoms in total. The molecular weight excluding hydrogens is 434 g/mol. The van der Waals surface area contributed by atoms with Crippen molar-refractivity contribution < 1.29 is 19.2 Å². The highest BCUT2D eigenvalue weighted by Gasteiger charge is 2.20. The lowest BCUT2D eigenvalue weighted by Gasteiger charge is -2.26. The van der Waals surface area contributed by atoms with Crippen LogP contribution in [0.25, 0.3) is 10.9 Å². The first-order chi connectivity index (χ1) is 15.9. The second-order valence-corrected chi connectivity index (χ2v) is 7.10. The van der Waals surface area contributed by atoms with Gasteiger partial charge in [-0.05, 0) is 24.3 Å². The summed E-state index contributed by atoms with van der Waals surface area (Å²) in [5.74, 6) is -0.382. The van der Waals surface area contributed by atoms with E-state index in [0.29, 0.717) is 36.5 Å². The number of ether oxygens (including phenoxy) is 2. The molecule has 4 rings (SSSR count). The molecule has 1 saturated heterocycles. The van der Waals surface area contributed by atoms with E-state index in [-0.39, 0.29) is 34.9 Å². The van der Waals surface area contributed by atoms with Crippen molar-refractivity contribution in [3.8, 4) is 5.75 Å². The minimum atomic E-state index is -0.744. The largest absolute Gasteiger partial charge is 0.477 e. The fourth-order valence-corrected chi connectivity index (χ4v) is 3.31. The minimum absolute atomic E-state index is 0.0838. The molecule has 3 aromatic rings. The van der Waals surface area contributed by atoms with E-state index in [2.05, 4.69) is 10.1 Å². The Balaban J connectivity index is 1.55. The third kappa shape index (κ3) is 4.80. The first-order valence-corrected chi connectivity index (χ1v) is 9.99. The number of nitrogens with zero attached hydrogens (tertiary/aromatic N) is 4. The normalized spacial score (nSPS) is 14.0. The molecule has 1 amide bonds. The Labute approximate surface area is 185 Å². The van der Waals surface area contributed by atoms with Crippen LogP contribution in [0.3, 0.4) is 0 Å². The van der Waals surface area contributed by atoms with Crippen molar-refractivity contribution in [2.75, 3.05) is 32.9 Å². The Morgan fingerprint density at radius 1 is 1.21 bits per heavy atom. The quantitative estimate of drug-likeness (QED) is 0.328. The molecule has 0 spiro atoms. The van der Waals surface area contributed by atoms with Gasteiger partial charge in [0.15, 0.2) is 12.4 Å². The fourth-order valence-electron chi connectivity index (χ4n) is 3.31. The van der Waals surface area contributed by atoms with Crippen LogP contribution >= 0.6 is 0 Å². The van der Waals surface area contributed by atoms with Gasteiger partial charge in [0.2, 0.25) is 0 Å². The maximum absolute atomic E-state index is 12.5. The predicted molar refractivity (Wildman–Crippen MR) is 118 cm³/mol. The molecule has 1 aromatic heterocycles. The number of nitro benzene ring substituents is 1. The zero-order valence-electron chi connectivity index (χ0n) is 17.3. The van der Waals surface area contributed by atoms with E-state index < -0.39 is 16.2 Å². The molecule has 0 bridgehead atoms. The van der Waals surface area contributed by atoms with E-state index in [9.17, 15) is 24.5 Å². The van der Waals surface area contributed by atoms with Crippen molar-refractivity contribution in [3.05, 3.63) is 79.0 Å². The van der Waals surface area contributed by atoms with Gasteiger partial charge in [0.1, 0.15) is 0 Å². The van der Waals surface area contributed by atoms with Crippen molar-refractivity contribution in [2.45, 2.75) is 0 Å². The van der Waals surface area contributed by atoms with Crippen LogP contribution in [-0.4, -0.2) is 64.5 Å². The summed E-state index contributed by atoms with van der Waals surface area (Å²) in [7, 11) is 0. The van der Waals surface area contributed by atoms with Crippen molar-refractivity contribution >= 4 is 28.7 Å². The van der Waals surface area contributed by atoms with Crippen molar-refractivity contribution in [3.63, 3.8) is 0 Å². The number of hydrogen-bond donors (Lipinski definition) is 1. The van der Waals surface area contributed by atoms with Gasteiger partial charge in [-0.15, -0.1) is 4.68 Å².